The Balaban J connectivity index is 1.82. The number of fused-ring (bicyclic) bond motifs is 1. The molecule has 1 fully saturated rings. The van der Waals surface area contributed by atoms with Crippen LogP contribution in [0.3, 0.4) is 0 Å². The van der Waals surface area contributed by atoms with Crippen molar-refractivity contribution in [2.75, 3.05) is 30.4 Å². The van der Waals surface area contributed by atoms with E-state index < -0.39 is 0 Å². The van der Waals surface area contributed by atoms with Crippen LogP contribution in [0.25, 0.3) is 11.3 Å². The van der Waals surface area contributed by atoms with Gasteiger partial charge in [0.2, 0.25) is 11.3 Å². The van der Waals surface area contributed by atoms with Gasteiger partial charge in [-0.25, -0.2) is 14.6 Å². The Kier molecular flexibility index (Phi) is 3.29. The van der Waals surface area contributed by atoms with Crippen LogP contribution in [0.5, 0.6) is 0 Å². The number of hydrogen-bond acceptors (Lipinski definition) is 8. The summed E-state index contributed by atoms with van der Waals surface area (Å²) in [5, 5.41) is 7.62. The molecule has 0 amide bonds. The van der Waals surface area contributed by atoms with E-state index in [0.717, 1.165) is 36.7 Å². The Morgan fingerprint density at radius 3 is 2.74 bits per heavy atom. The maximum atomic E-state index is 4.75. The highest BCUT2D eigenvalue weighted by atomic mass is 16.6. The fraction of sp³-hybridized carbons (Fsp3) is 0.400. The predicted octanol–water partition coefficient (Wildman–Crippen LogP) is 1.82. The second kappa shape index (κ2) is 5.45. The molecule has 0 bridgehead atoms. The highest BCUT2D eigenvalue weighted by Gasteiger charge is 2.31. The van der Waals surface area contributed by atoms with Gasteiger partial charge in [0, 0.05) is 26.8 Å². The van der Waals surface area contributed by atoms with Crippen LogP contribution in [-0.2, 0) is 0 Å². The number of anilines is 2. The van der Waals surface area contributed by atoms with Gasteiger partial charge in [-0.05, 0) is 35.3 Å². The molecular weight excluding hydrogens is 294 g/mol. The Hall–Kier alpha value is -2.77. The first-order valence-electron chi connectivity index (χ1n) is 7.59. The molecule has 3 aromatic rings. The zero-order valence-electron chi connectivity index (χ0n) is 13.0. The molecule has 1 aliphatic heterocycles. The molecule has 0 spiro atoms. The highest BCUT2D eigenvalue weighted by molar-refractivity contribution is 5.74. The monoisotopic (exact) mass is 311 g/mol. The first-order valence-corrected chi connectivity index (χ1v) is 7.59. The van der Waals surface area contributed by atoms with Gasteiger partial charge in [0.25, 0.3) is 0 Å². The molecule has 0 aromatic carbocycles. The minimum atomic E-state index is 0.196. The molecule has 3 aromatic heterocycles. The third-order valence-electron chi connectivity index (χ3n) is 4.06. The van der Waals surface area contributed by atoms with Gasteiger partial charge in [0.1, 0.15) is 0 Å². The van der Waals surface area contributed by atoms with E-state index in [1.807, 2.05) is 37.3 Å². The molecule has 23 heavy (non-hydrogen) atoms. The van der Waals surface area contributed by atoms with E-state index in [1.54, 1.807) is 0 Å². The summed E-state index contributed by atoms with van der Waals surface area (Å²) >= 11 is 0. The average Bonchev–Trinajstić information content (AvgIpc) is 3.23. The zero-order chi connectivity index (χ0) is 15.8. The van der Waals surface area contributed by atoms with Crippen molar-refractivity contribution in [1.29, 1.82) is 0 Å². The van der Waals surface area contributed by atoms with Crippen LogP contribution in [0.4, 0.5) is 11.6 Å². The van der Waals surface area contributed by atoms with E-state index in [9.17, 15) is 0 Å². The summed E-state index contributed by atoms with van der Waals surface area (Å²) < 4.78 is 4.75. The van der Waals surface area contributed by atoms with E-state index in [4.69, 9.17) is 4.63 Å². The molecule has 4 heterocycles. The quantitative estimate of drug-likeness (QED) is 0.724. The first-order chi connectivity index (χ1) is 11.2. The predicted molar refractivity (Wildman–Crippen MR) is 85.3 cm³/mol. The molecule has 4 rings (SSSR count). The van der Waals surface area contributed by atoms with Crippen molar-refractivity contribution >= 4 is 22.9 Å². The van der Waals surface area contributed by atoms with Crippen LogP contribution in [0.1, 0.15) is 24.6 Å². The number of aromatic nitrogens is 5. The van der Waals surface area contributed by atoms with E-state index in [-0.39, 0.29) is 6.04 Å². The van der Waals surface area contributed by atoms with E-state index in [2.05, 4.69) is 36.2 Å². The molecule has 0 aliphatic carbocycles. The summed E-state index contributed by atoms with van der Waals surface area (Å²) in [6.07, 6.45) is 3.96. The van der Waals surface area contributed by atoms with Crippen LogP contribution >= 0.6 is 0 Å². The molecule has 0 N–H and O–H groups in total. The number of hydrogen-bond donors (Lipinski definition) is 0. The molecular formula is C15H17N7O. The summed E-state index contributed by atoms with van der Waals surface area (Å²) in [5.74, 6) is 1.56. The minimum absolute atomic E-state index is 0.196. The lowest BCUT2D eigenvalue weighted by molar-refractivity contribution is 0.314. The van der Waals surface area contributed by atoms with E-state index in [1.165, 1.54) is 0 Å². The molecule has 1 saturated heterocycles. The third-order valence-corrected chi connectivity index (χ3v) is 4.06. The second-order valence-corrected chi connectivity index (χ2v) is 5.78. The van der Waals surface area contributed by atoms with Gasteiger partial charge in [0.05, 0.1) is 11.7 Å². The normalized spacial score (nSPS) is 17.8. The van der Waals surface area contributed by atoms with Crippen molar-refractivity contribution < 1.29 is 4.63 Å². The van der Waals surface area contributed by atoms with Gasteiger partial charge in [-0.15, -0.1) is 0 Å². The average molecular weight is 311 g/mol. The van der Waals surface area contributed by atoms with Gasteiger partial charge < -0.3 is 9.80 Å². The number of nitrogens with zero attached hydrogens (tertiary/aromatic N) is 7. The number of rotatable bonds is 3. The highest BCUT2D eigenvalue weighted by Crippen LogP contribution is 2.38. The van der Waals surface area contributed by atoms with Gasteiger partial charge in [-0.1, -0.05) is 6.07 Å². The van der Waals surface area contributed by atoms with Gasteiger partial charge in [-0.3, -0.25) is 4.98 Å². The van der Waals surface area contributed by atoms with E-state index in [0.29, 0.717) is 11.3 Å². The number of pyridine rings is 1. The van der Waals surface area contributed by atoms with Crippen molar-refractivity contribution in [3.63, 3.8) is 0 Å². The molecule has 0 radical (unpaired) electrons. The summed E-state index contributed by atoms with van der Waals surface area (Å²) in [4.78, 5) is 17.9. The second-order valence-electron chi connectivity index (χ2n) is 5.78. The molecule has 0 saturated carbocycles. The van der Waals surface area contributed by atoms with Crippen molar-refractivity contribution in [3.05, 3.63) is 30.1 Å². The topological polar surface area (TPSA) is 84.1 Å². The standard InChI is InChI=1S/C15H17N7O/c1-21(2)14-15(18-13-12(17-14)19-23-20-13)22-9-5-7-11(22)10-6-3-4-8-16-10/h3-4,6,8,11H,5,7,9H2,1-2H3. The van der Waals surface area contributed by atoms with Crippen LogP contribution < -0.4 is 9.80 Å². The Morgan fingerprint density at radius 2 is 2.00 bits per heavy atom. The molecule has 8 heteroatoms. The maximum absolute atomic E-state index is 4.75. The fourth-order valence-electron chi connectivity index (χ4n) is 3.01. The van der Waals surface area contributed by atoms with Crippen molar-refractivity contribution in [2.45, 2.75) is 18.9 Å². The lowest BCUT2D eigenvalue weighted by atomic mass is 10.1. The lowest BCUT2D eigenvalue weighted by Crippen LogP contribution is -2.27. The summed E-state index contributed by atoms with van der Waals surface area (Å²) in [7, 11) is 3.89. The minimum Gasteiger partial charge on any atom is -0.360 e. The summed E-state index contributed by atoms with van der Waals surface area (Å²) in [6.45, 7) is 0.910. The molecule has 118 valence electrons. The lowest BCUT2D eigenvalue weighted by Gasteiger charge is -2.28. The Bertz CT molecular complexity index is 817. The SMILES string of the molecule is CN(C)c1nc2nonc2nc1N1CCCC1c1ccccn1. The molecule has 1 atom stereocenters. The Labute approximate surface area is 133 Å². The van der Waals surface area contributed by atoms with Crippen LogP contribution in [0.2, 0.25) is 0 Å². The Morgan fingerprint density at radius 1 is 1.17 bits per heavy atom. The van der Waals surface area contributed by atoms with Crippen LogP contribution in [0, 0.1) is 0 Å². The zero-order valence-corrected chi connectivity index (χ0v) is 13.0. The van der Waals surface area contributed by atoms with Crippen molar-refractivity contribution in [2.24, 2.45) is 0 Å². The largest absolute Gasteiger partial charge is 0.360 e. The fourth-order valence-corrected chi connectivity index (χ4v) is 3.01. The maximum Gasteiger partial charge on any atom is 0.245 e. The first kappa shape index (κ1) is 13.9. The smallest absolute Gasteiger partial charge is 0.245 e. The van der Waals surface area contributed by atoms with Crippen LogP contribution in [-0.4, -0.2) is 45.9 Å². The van der Waals surface area contributed by atoms with Gasteiger partial charge in [-0.2, -0.15) is 0 Å². The molecule has 1 unspecified atom stereocenters. The summed E-state index contributed by atoms with van der Waals surface area (Å²) in [5.41, 5.74) is 1.90. The van der Waals surface area contributed by atoms with E-state index >= 15 is 0 Å². The van der Waals surface area contributed by atoms with Crippen molar-refractivity contribution in [3.8, 4) is 0 Å². The summed E-state index contributed by atoms with van der Waals surface area (Å²) in [6, 6.07) is 6.20. The molecule has 8 nitrogen and oxygen atoms in total. The van der Waals surface area contributed by atoms with Crippen LogP contribution in [0.15, 0.2) is 29.0 Å². The van der Waals surface area contributed by atoms with Gasteiger partial charge in [0.15, 0.2) is 11.6 Å². The molecule has 1 aliphatic rings. The third kappa shape index (κ3) is 2.36. The van der Waals surface area contributed by atoms with Gasteiger partial charge >= 0.3 is 0 Å². The van der Waals surface area contributed by atoms with Crippen molar-refractivity contribution in [1.82, 2.24) is 25.3 Å².